The molecule has 5 heteroatoms. The van der Waals surface area contributed by atoms with Crippen molar-refractivity contribution in [3.63, 3.8) is 0 Å². The summed E-state index contributed by atoms with van der Waals surface area (Å²) >= 11 is 1.80. The molecule has 0 aliphatic carbocycles. The average Bonchev–Trinajstić information content (AvgIpc) is 3.98. The summed E-state index contributed by atoms with van der Waals surface area (Å²) in [7, 11) is 0. The van der Waals surface area contributed by atoms with E-state index in [1.54, 1.807) is 11.3 Å². The van der Waals surface area contributed by atoms with Gasteiger partial charge in [-0.05, 0) is 107 Å². The minimum absolute atomic E-state index is 0.819. The molecule has 0 saturated carbocycles. The van der Waals surface area contributed by atoms with Gasteiger partial charge in [-0.15, -0.1) is 11.3 Å². The van der Waals surface area contributed by atoms with Gasteiger partial charge in [-0.2, -0.15) is 0 Å². The molecule has 4 nitrogen and oxygen atoms in total. The molecule has 288 valence electrons. The zero-order valence-corrected chi connectivity index (χ0v) is 34.0. The Morgan fingerprint density at radius 3 is 1.98 bits per heavy atom. The van der Waals surface area contributed by atoms with Gasteiger partial charge in [0.15, 0.2) is 0 Å². The Labute approximate surface area is 356 Å². The number of hydrogen-bond donors (Lipinski definition) is 1. The Morgan fingerprint density at radius 2 is 1.15 bits per heavy atom. The van der Waals surface area contributed by atoms with Crippen LogP contribution in [-0.4, -0.2) is 14.2 Å². The van der Waals surface area contributed by atoms with E-state index in [0.29, 0.717) is 0 Å². The molecule has 0 unspecified atom stereocenters. The third-order valence-corrected chi connectivity index (χ3v) is 13.2. The number of fused-ring (bicyclic) bond motifs is 9. The van der Waals surface area contributed by atoms with Gasteiger partial charge in [0.25, 0.3) is 0 Å². The monoisotopic (exact) mass is 798 g/mol. The molecular formula is C56H38N4S. The maximum atomic E-state index is 4.75. The highest BCUT2D eigenvalue weighted by Gasteiger charge is 2.17. The summed E-state index contributed by atoms with van der Waals surface area (Å²) in [5, 5.41) is 6.10. The molecule has 0 aliphatic heterocycles. The number of hydrogen-bond acceptors (Lipinski definition) is 3. The molecule has 0 aliphatic rings. The summed E-state index contributed by atoms with van der Waals surface area (Å²) in [6, 6.07) is 72.5. The molecular weight excluding hydrogens is 761 g/mol. The van der Waals surface area contributed by atoms with Crippen molar-refractivity contribution in [1.82, 2.24) is 14.2 Å². The Morgan fingerprint density at radius 1 is 0.475 bits per heavy atom. The molecule has 0 amide bonds. The molecule has 0 atom stereocenters. The van der Waals surface area contributed by atoms with E-state index < -0.39 is 0 Å². The summed E-state index contributed by atoms with van der Waals surface area (Å²) < 4.78 is 7.14. The van der Waals surface area contributed by atoms with Crippen molar-refractivity contribution in [3.8, 4) is 27.9 Å². The summed E-state index contributed by atoms with van der Waals surface area (Å²) in [5.41, 5.74) is 18.9. The van der Waals surface area contributed by atoms with E-state index in [-0.39, 0.29) is 0 Å². The van der Waals surface area contributed by atoms with Gasteiger partial charge in [-0.25, -0.2) is 0 Å². The van der Waals surface area contributed by atoms with Crippen LogP contribution in [0.3, 0.4) is 0 Å². The van der Waals surface area contributed by atoms with Gasteiger partial charge in [-0.1, -0.05) is 140 Å². The van der Waals surface area contributed by atoms with E-state index in [1.165, 1.54) is 75.2 Å². The van der Waals surface area contributed by atoms with Crippen LogP contribution < -0.4 is 5.43 Å². The number of aromatic nitrogens is 3. The molecule has 8 aromatic carbocycles. The predicted octanol–water partition coefficient (Wildman–Crippen LogP) is 14.8. The van der Waals surface area contributed by atoms with Gasteiger partial charge in [0.1, 0.15) is 0 Å². The van der Waals surface area contributed by atoms with Crippen LogP contribution in [0.4, 0.5) is 0 Å². The minimum Gasteiger partial charge on any atom is -0.309 e. The van der Waals surface area contributed by atoms with Crippen molar-refractivity contribution in [1.29, 1.82) is 0 Å². The second-order valence-electron chi connectivity index (χ2n) is 15.7. The first-order valence-corrected chi connectivity index (χ1v) is 21.6. The van der Waals surface area contributed by atoms with Gasteiger partial charge in [0.05, 0.1) is 38.0 Å². The molecule has 0 saturated heterocycles. The fraction of sp³-hybridized carbons (Fsp3) is 0.0179. The summed E-state index contributed by atoms with van der Waals surface area (Å²) in [4.78, 5) is 4.75. The number of nitrogens with one attached hydrogen (secondary N) is 1. The van der Waals surface area contributed by atoms with Crippen LogP contribution in [0.2, 0.25) is 0 Å². The second kappa shape index (κ2) is 14.5. The van der Waals surface area contributed by atoms with E-state index in [0.717, 1.165) is 39.9 Å². The van der Waals surface area contributed by atoms with Gasteiger partial charge in [-0.3, -0.25) is 15.1 Å². The number of pyridine rings is 1. The quantitative estimate of drug-likeness (QED) is 0.166. The standard InChI is InChI=1S/C56H38N4S/c1-3-13-37(14-4-1)24-29-49(38-15-5-2-6-16-38)58-60-52-22-10-8-19-44(52)46-28-25-42(35-53(46)60)40-18-11-17-39(33-40)41-26-30-51-47(34-41)45-20-7-9-21-50(45)59(51)43-27-31-54-48(36-43)56-55(61-54)23-12-32-57-56/h1-23,25-36,58H,24H2/b49-29-. The number of benzene rings is 8. The molecule has 0 spiro atoms. The van der Waals surface area contributed by atoms with E-state index in [2.05, 4.69) is 215 Å². The van der Waals surface area contributed by atoms with Crippen LogP contribution in [-0.2, 0) is 6.42 Å². The Kier molecular flexibility index (Phi) is 8.39. The van der Waals surface area contributed by atoms with E-state index in [9.17, 15) is 0 Å². The highest BCUT2D eigenvalue weighted by molar-refractivity contribution is 7.25. The zero-order chi connectivity index (χ0) is 40.3. The fourth-order valence-electron chi connectivity index (χ4n) is 9.10. The maximum Gasteiger partial charge on any atom is 0.0889 e. The molecule has 0 fully saturated rings. The largest absolute Gasteiger partial charge is 0.309 e. The van der Waals surface area contributed by atoms with Crippen molar-refractivity contribution in [2.45, 2.75) is 6.42 Å². The third-order valence-electron chi connectivity index (χ3n) is 12.0. The first-order valence-electron chi connectivity index (χ1n) is 20.7. The van der Waals surface area contributed by atoms with Crippen molar-refractivity contribution in [2.75, 3.05) is 5.43 Å². The highest BCUT2D eigenvalue weighted by Crippen LogP contribution is 2.39. The Hall–Kier alpha value is -7.73. The van der Waals surface area contributed by atoms with Crippen molar-refractivity contribution >= 4 is 80.9 Å². The lowest BCUT2D eigenvalue weighted by Crippen LogP contribution is -2.13. The zero-order valence-electron chi connectivity index (χ0n) is 33.2. The lowest BCUT2D eigenvalue weighted by Gasteiger charge is -2.16. The van der Waals surface area contributed by atoms with Crippen LogP contribution in [0.5, 0.6) is 0 Å². The molecule has 4 heterocycles. The number of allylic oxidation sites excluding steroid dienone is 1. The van der Waals surface area contributed by atoms with Crippen LogP contribution in [0.25, 0.3) is 97.6 Å². The third kappa shape index (κ3) is 6.09. The topological polar surface area (TPSA) is 34.8 Å². The van der Waals surface area contributed by atoms with Crippen molar-refractivity contribution in [2.24, 2.45) is 0 Å². The molecule has 0 bridgehead atoms. The van der Waals surface area contributed by atoms with E-state index >= 15 is 0 Å². The number of rotatable bonds is 8. The van der Waals surface area contributed by atoms with E-state index in [1.807, 2.05) is 12.3 Å². The SMILES string of the molecule is C(/Cc1ccccc1)=C(/Nn1c2ccccc2c2ccc(-c3cccc(-c4ccc5c(c4)c4ccccc4n5-c4ccc5sc6cccnc6c5c4)c3)cc21)c1ccccc1. The van der Waals surface area contributed by atoms with Gasteiger partial charge < -0.3 is 4.57 Å². The van der Waals surface area contributed by atoms with Crippen LogP contribution in [0, 0.1) is 0 Å². The predicted molar refractivity (Wildman–Crippen MR) is 259 cm³/mol. The van der Waals surface area contributed by atoms with Crippen molar-refractivity contribution in [3.05, 3.63) is 224 Å². The molecule has 4 aromatic heterocycles. The summed E-state index contributed by atoms with van der Waals surface area (Å²) in [6.07, 6.45) is 5.01. The lowest BCUT2D eigenvalue weighted by molar-refractivity contribution is 1.06. The molecule has 12 rings (SSSR count). The number of nitrogens with zero attached hydrogens (tertiary/aromatic N) is 3. The van der Waals surface area contributed by atoms with Gasteiger partial charge in [0.2, 0.25) is 0 Å². The molecule has 0 radical (unpaired) electrons. The van der Waals surface area contributed by atoms with Crippen LogP contribution in [0.15, 0.2) is 212 Å². The van der Waals surface area contributed by atoms with Gasteiger partial charge in [0, 0.05) is 43.5 Å². The highest BCUT2D eigenvalue weighted by atomic mass is 32.1. The normalized spacial score (nSPS) is 12.1. The second-order valence-corrected chi connectivity index (χ2v) is 16.8. The number of para-hydroxylation sites is 2. The first kappa shape index (κ1) is 35.2. The van der Waals surface area contributed by atoms with Crippen LogP contribution >= 0.6 is 11.3 Å². The molecule has 1 N–H and O–H groups in total. The lowest BCUT2D eigenvalue weighted by atomic mass is 9.97. The number of thiophene rings is 1. The maximum absolute atomic E-state index is 4.75. The first-order chi connectivity index (χ1) is 30.2. The Bertz CT molecular complexity index is 3650. The van der Waals surface area contributed by atoms with Crippen molar-refractivity contribution < 1.29 is 0 Å². The van der Waals surface area contributed by atoms with Gasteiger partial charge >= 0.3 is 0 Å². The smallest absolute Gasteiger partial charge is 0.0889 e. The van der Waals surface area contributed by atoms with Crippen LogP contribution in [0.1, 0.15) is 11.1 Å². The average molecular weight is 799 g/mol. The summed E-state index contributed by atoms with van der Waals surface area (Å²) in [6.45, 7) is 0. The minimum atomic E-state index is 0.819. The van der Waals surface area contributed by atoms with E-state index in [4.69, 9.17) is 4.98 Å². The molecule has 12 aromatic rings. The fourth-order valence-corrected chi connectivity index (χ4v) is 10.1. The summed E-state index contributed by atoms with van der Waals surface area (Å²) in [5.74, 6) is 0. The Balaban J connectivity index is 0.945. The molecule has 61 heavy (non-hydrogen) atoms.